The largest absolute Gasteiger partial charge is 0.434 e. The average Bonchev–Trinajstić information content (AvgIpc) is 2.65. The van der Waals surface area contributed by atoms with Crippen LogP contribution in [0.1, 0.15) is 5.69 Å². The average molecular weight is 206 g/mol. The molecular weight excluding hydrogens is 196 g/mol. The van der Waals surface area contributed by atoms with Gasteiger partial charge in [0.05, 0.1) is 24.7 Å². The number of ether oxygens (including phenoxy) is 1. The van der Waals surface area contributed by atoms with Crippen LogP contribution in [0.2, 0.25) is 0 Å². The number of nitrogens with zero attached hydrogens (tertiary/aromatic N) is 4. The molecule has 0 fully saturated rings. The van der Waals surface area contributed by atoms with E-state index >= 15 is 0 Å². The molecule has 0 bridgehead atoms. The molecule has 0 aliphatic rings. The minimum atomic E-state index is -0.125. The van der Waals surface area contributed by atoms with E-state index in [4.69, 9.17) is 9.84 Å². The standard InChI is InChI=1S/C9H10N4O2/c1-13-5-8(4-10-13)15-9-3-2-7(6-14)11-12-9/h2-5,14H,6H2,1H3. The zero-order valence-corrected chi connectivity index (χ0v) is 8.16. The van der Waals surface area contributed by atoms with Crippen LogP contribution in [-0.4, -0.2) is 25.1 Å². The van der Waals surface area contributed by atoms with Gasteiger partial charge in [0.25, 0.3) is 0 Å². The second kappa shape index (κ2) is 4.05. The van der Waals surface area contributed by atoms with Gasteiger partial charge in [0.2, 0.25) is 5.88 Å². The van der Waals surface area contributed by atoms with Crippen molar-refractivity contribution in [2.75, 3.05) is 0 Å². The summed E-state index contributed by atoms with van der Waals surface area (Å²) < 4.78 is 6.99. The molecule has 2 aromatic rings. The summed E-state index contributed by atoms with van der Waals surface area (Å²) in [6.07, 6.45) is 3.31. The maximum Gasteiger partial charge on any atom is 0.239 e. The van der Waals surface area contributed by atoms with Crippen LogP contribution in [0.4, 0.5) is 0 Å². The van der Waals surface area contributed by atoms with Gasteiger partial charge >= 0.3 is 0 Å². The highest BCUT2D eigenvalue weighted by Crippen LogP contribution is 2.16. The number of aliphatic hydroxyl groups excluding tert-OH is 1. The Balaban J connectivity index is 2.11. The van der Waals surface area contributed by atoms with Crippen LogP contribution in [0.5, 0.6) is 11.6 Å². The topological polar surface area (TPSA) is 73.1 Å². The van der Waals surface area contributed by atoms with Crippen molar-refractivity contribution in [3.8, 4) is 11.6 Å². The van der Waals surface area contributed by atoms with Gasteiger partial charge in [-0.2, -0.15) is 5.10 Å². The Morgan fingerprint density at radius 1 is 1.40 bits per heavy atom. The Labute approximate surface area is 86.1 Å². The molecule has 2 aromatic heterocycles. The molecule has 0 saturated heterocycles. The number of aryl methyl sites for hydroxylation is 1. The maximum absolute atomic E-state index is 8.76. The third-order valence-electron chi connectivity index (χ3n) is 1.76. The lowest BCUT2D eigenvalue weighted by atomic mass is 10.4. The molecule has 0 atom stereocenters. The lowest BCUT2D eigenvalue weighted by Gasteiger charge is -2.00. The SMILES string of the molecule is Cn1cc(Oc2ccc(CO)nn2)cn1. The molecule has 0 saturated carbocycles. The van der Waals surface area contributed by atoms with Gasteiger partial charge in [-0.05, 0) is 6.07 Å². The summed E-state index contributed by atoms with van der Waals surface area (Å²) in [6.45, 7) is -0.125. The lowest BCUT2D eigenvalue weighted by molar-refractivity contribution is 0.274. The molecule has 0 radical (unpaired) electrons. The first kappa shape index (κ1) is 9.60. The molecule has 2 rings (SSSR count). The fourth-order valence-electron chi connectivity index (χ4n) is 1.06. The highest BCUT2D eigenvalue weighted by atomic mass is 16.5. The fourth-order valence-corrected chi connectivity index (χ4v) is 1.06. The van der Waals surface area contributed by atoms with Crippen molar-refractivity contribution < 1.29 is 9.84 Å². The van der Waals surface area contributed by atoms with Crippen molar-refractivity contribution in [3.05, 3.63) is 30.2 Å². The number of hydrogen-bond acceptors (Lipinski definition) is 5. The molecule has 78 valence electrons. The van der Waals surface area contributed by atoms with E-state index in [1.807, 2.05) is 0 Å². The van der Waals surface area contributed by atoms with Crippen molar-refractivity contribution in [1.29, 1.82) is 0 Å². The summed E-state index contributed by atoms with van der Waals surface area (Å²) in [6, 6.07) is 3.30. The van der Waals surface area contributed by atoms with E-state index in [1.165, 1.54) is 0 Å². The molecule has 15 heavy (non-hydrogen) atoms. The Morgan fingerprint density at radius 2 is 2.27 bits per heavy atom. The van der Waals surface area contributed by atoms with Crippen LogP contribution < -0.4 is 4.74 Å². The molecule has 2 heterocycles. The Morgan fingerprint density at radius 3 is 2.80 bits per heavy atom. The molecule has 0 spiro atoms. The van der Waals surface area contributed by atoms with E-state index < -0.39 is 0 Å². The van der Waals surface area contributed by atoms with Crippen LogP contribution in [0.25, 0.3) is 0 Å². The first-order valence-corrected chi connectivity index (χ1v) is 4.38. The van der Waals surface area contributed by atoms with Crippen LogP contribution in [-0.2, 0) is 13.7 Å². The molecule has 0 aliphatic carbocycles. The van der Waals surface area contributed by atoms with Gasteiger partial charge in [0.1, 0.15) is 0 Å². The summed E-state index contributed by atoms with van der Waals surface area (Å²) in [5, 5.41) is 20.2. The monoisotopic (exact) mass is 206 g/mol. The van der Waals surface area contributed by atoms with E-state index in [1.54, 1.807) is 36.3 Å². The summed E-state index contributed by atoms with van der Waals surface area (Å²) in [7, 11) is 1.80. The number of rotatable bonds is 3. The fraction of sp³-hybridized carbons (Fsp3) is 0.222. The zero-order chi connectivity index (χ0) is 10.7. The predicted molar refractivity (Wildman–Crippen MR) is 51.2 cm³/mol. The van der Waals surface area contributed by atoms with Gasteiger partial charge in [-0.1, -0.05) is 0 Å². The summed E-state index contributed by atoms with van der Waals surface area (Å²) >= 11 is 0. The van der Waals surface area contributed by atoms with Gasteiger partial charge in [-0.15, -0.1) is 10.2 Å². The van der Waals surface area contributed by atoms with Crippen LogP contribution >= 0.6 is 0 Å². The van der Waals surface area contributed by atoms with Crippen molar-refractivity contribution in [2.24, 2.45) is 7.05 Å². The Bertz CT molecular complexity index is 438. The van der Waals surface area contributed by atoms with Gasteiger partial charge in [-0.3, -0.25) is 4.68 Å². The normalized spacial score (nSPS) is 10.3. The van der Waals surface area contributed by atoms with E-state index in [0.29, 0.717) is 17.3 Å². The Kier molecular flexibility index (Phi) is 2.59. The number of aromatic nitrogens is 4. The third kappa shape index (κ3) is 2.29. The van der Waals surface area contributed by atoms with Gasteiger partial charge in [0, 0.05) is 13.1 Å². The summed E-state index contributed by atoms with van der Waals surface area (Å²) in [5.41, 5.74) is 0.508. The van der Waals surface area contributed by atoms with Crippen molar-refractivity contribution >= 4 is 0 Å². The number of aliphatic hydroxyl groups is 1. The zero-order valence-electron chi connectivity index (χ0n) is 8.16. The minimum absolute atomic E-state index is 0.125. The molecule has 6 heteroatoms. The maximum atomic E-state index is 8.76. The van der Waals surface area contributed by atoms with E-state index in [0.717, 1.165) is 0 Å². The molecule has 0 unspecified atom stereocenters. The molecule has 0 aliphatic heterocycles. The van der Waals surface area contributed by atoms with Crippen LogP contribution in [0.15, 0.2) is 24.5 Å². The van der Waals surface area contributed by atoms with Crippen molar-refractivity contribution in [1.82, 2.24) is 20.0 Å². The van der Waals surface area contributed by atoms with E-state index in [2.05, 4.69) is 15.3 Å². The highest BCUT2D eigenvalue weighted by molar-refractivity contribution is 5.20. The second-order valence-electron chi connectivity index (χ2n) is 2.97. The molecule has 1 N–H and O–H groups in total. The smallest absolute Gasteiger partial charge is 0.239 e. The van der Waals surface area contributed by atoms with Crippen LogP contribution in [0.3, 0.4) is 0 Å². The third-order valence-corrected chi connectivity index (χ3v) is 1.76. The minimum Gasteiger partial charge on any atom is -0.434 e. The summed E-state index contributed by atoms with van der Waals surface area (Å²) in [5.74, 6) is 0.976. The predicted octanol–water partition coefficient (Wildman–Crippen LogP) is 0.495. The van der Waals surface area contributed by atoms with Crippen molar-refractivity contribution in [2.45, 2.75) is 6.61 Å². The molecular formula is C9H10N4O2. The first-order chi connectivity index (χ1) is 7.28. The van der Waals surface area contributed by atoms with E-state index in [-0.39, 0.29) is 6.61 Å². The number of hydrogen-bond donors (Lipinski definition) is 1. The van der Waals surface area contributed by atoms with Crippen molar-refractivity contribution in [3.63, 3.8) is 0 Å². The van der Waals surface area contributed by atoms with Gasteiger partial charge in [0.15, 0.2) is 5.75 Å². The molecule has 0 amide bonds. The second-order valence-corrected chi connectivity index (χ2v) is 2.97. The molecule has 6 nitrogen and oxygen atoms in total. The summed E-state index contributed by atoms with van der Waals surface area (Å²) in [4.78, 5) is 0. The first-order valence-electron chi connectivity index (χ1n) is 4.38. The van der Waals surface area contributed by atoms with Gasteiger partial charge in [-0.25, -0.2) is 0 Å². The lowest BCUT2D eigenvalue weighted by Crippen LogP contribution is -1.94. The quantitative estimate of drug-likeness (QED) is 0.791. The van der Waals surface area contributed by atoms with E-state index in [9.17, 15) is 0 Å². The highest BCUT2D eigenvalue weighted by Gasteiger charge is 2.01. The van der Waals surface area contributed by atoms with Gasteiger partial charge < -0.3 is 9.84 Å². The Hall–Kier alpha value is -1.95. The molecule has 0 aromatic carbocycles. The van der Waals surface area contributed by atoms with Crippen LogP contribution in [0, 0.1) is 0 Å².